The van der Waals surface area contributed by atoms with Crippen LogP contribution in [0.25, 0.3) is 11.0 Å². The molecule has 34 heavy (non-hydrogen) atoms. The molecule has 182 valence electrons. The molecule has 1 saturated heterocycles. The number of nitrogens with zero attached hydrogens (tertiary/aromatic N) is 4. The number of carbonyl (C=O) groups is 1. The molecule has 1 N–H and O–H groups in total. The number of hydrogen-bond acceptors (Lipinski definition) is 7. The number of ether oxygens (including phenoxy) is 3. The zero-order valence-corrected chi connectivity index (χ0v) is 19.9. The summed E-state index contributed by atoms with van der Waals surface area (Å²) in [5.74, 6) is 2.30. The minimum atomic E-state index is -1.34. The summed E-state index contributed by atoms with van der Waals surface area (Å²) < 4.78 is 18.4. The van der Waals surface area contributed by atoms with Crippen LogP contribution in [0.5, 0.6) is 17.2 Å². The molecule has 1 fully saturated rings. The van der Waals surface area contributed by atoms with Gasteiger partial charge in [-0.25, -0.2) is 9.48 Å². The number of piperidine rings is 1. The first kappa shape index (κ1) is 23.8. The molecular weight excluding hydrogens is 436 g/mol. The Balaban J connectivity index is 1.37. The topological polar surface area (TPSA) is 98.9 Å². The van der Waals surface area contributed by atoms with Gasteiger partial charge in [-0.2, -0.15) is 0 Å². The van der Waals surface area contributed by atoms with Crippen molar-refractivity contribution in [2.75, 3.05) is 26.3 Å². The maximum absolute atomic E-state index is 10.8. The molecule has 9 nitrogen and oxygen atoms in total. The average Bonchev–Trinajstić information content (AvgIpc) is 3.22. The fraction of sp³-hybridized carbons (Fsp3) is 0.480. The van der Waals surface area contributed by atoms with Gasteiger partial charge in [0.2, 0.25) is 0 Å². The van der Waals surface area contributed by atoms with Crippen molar-refractivity contribution in [1.82, 2.24) is 19.9 Å². The summed E-state index contributed by atoms with van der Waals surface area (Å²) in [6.45, 7) is 10.3. The van der Waals surface area contributed by atoms with Crippen molar-refractivity contribution in [3.63, 3.8) is 0 Å². The van der Waals surface area contributed by atoms with E-state index in [4.69, 9.17) is 19.3 Å². The van der Waals surface area contributed by atoms with Gasteiger partial charge in [0, 0.05) is 25.7 Å². The maximum atomic E-state index is 10.8. The van der Waals surface area contributed by atoms with Gasteiger partial charge in [0.15, 0.2) is 11.5 Å². The normalized spacial score (nSPS) is 15.1. The minimum absolute atomic E-state index is 0.244. The molecule has 0 saturated carbocycles. The van der Waals surface area contributed by atoms with E-state index in [1.807, 2.05) is 23.7 Å². The third-order valence-electron chi connectivity index (χ3n) is 5.84. The van der Waals surface area contributed by atoms with Crippen molar-refractivity contribution in [2.45, 2.75) is 46.2 Å². The zero-order valence-electron chi connectivity index (χ0n) is 19.9. The third-order valence-corrected chi connectivity index (χ3v) is 5.84. The molecule has 2 aromatic carbocycles. The van der Waals surface area contributed by atoms with Crippen LogP contribution in [0.2, 0.25) is 0 Å². The lowest BCUT2D eigenvalue weighted by Gasteiger charge is -2.32. The summed E-state index contributed by atoms with van der Waals surface area (Å²) in [5.41, 5.74) is 2.72. The van der Waals surface area contributed by atoms with Crippen LogP contribution in [0.4, 0.5) is 4.79 Å². The predicted octanol–water partition coefficient (Wildman–Crippen LogP) is 4.76. The number of aromatic nitrogens is 3. The van der Waals surface area contributed by atoms with E-state index in [1.54, 1.807) is 12.1 Å². The van der Waals surface area contributed by atoms with Crippen molar-refractivity contribution >= 4 is 17.2 Å². The Labute approximate surface area is 199 Å². The van der Waals surface area contributed by atoms with Gasteiger partial charge in [-0.3, -0.25) is 4.90 Å². The second-order valence-electron chi connectivity index (χ2n) is 8.98. The van der Waals surface area contributed by atoms with Gasteiger partial charge >= 0.3 is 6.16 Å². The minimum Gasteiger partial charge on any atom is -0.490 e. The van der Waals surface area contributed by atoms with Gasteiger partial charge in [-0.1, -0.05) is 25.1 Å². The number of benzene rings is 2. The van der Waals surface area contributed by atoms with Crippen LogP contribution in [0.3, 0.4) is 0 Å². The molecule has 0 spiro atoms. The van der Waals surface area contributed by atoms with Crippen molar-refractivity contribution in [2.24, 2.45) is 5.92 Å². The Morgan fingerprint density at radius 2 is 1.91 bits per heavy atom. The highest BCUT2D eigenvalue weighted by Gasteiger charge is 2.23. The Kier molecular flexibility index (Phi) is 7.52. The Bertz CT molecular complexity index is 1120. The van der Waals surface area contributed by atoms with Crippen molar-refractivity contribution in [1.29, 1.82) is 0 Å². The first-order valence-electron chi connectivity index (χ1n) is 11.8. The maximum Gasteiger partial charge on any atom is 0.511 e. The molecule has 1 aromatic heterocycles. The van der Waals surface area contributed by atoms with Gasteiger partial charge in [-0.15, -0.1) is 5.10 Å². The number of rotatable bonds is 9. The molecule has 4 rings (SSSR count). The smallest absolute Gasteiger partial charge is 0.490 e. The van der Waals surface area contributed by atoms with E-state index in [0.717, 1.165) is 49.5 Å². The molecule has 1 aliphatic rings. The fourth-order valence-corrected chi connectivity index (χ4v) is 4.23. The van der Waals surface area contributed by atoms with Crippen molar-refractivity contribution < 1.29 is 24.1 Å². The van der Waals surface area contributed by atoms with E-state index >= 15 is 0 Å². The largest absolute Gasteiger partial charge is 0.511 e. The van der Waals surface area contributed by atoms with Crippen LogP contribution in [-0.2, 0) is 6.54 Å². The first-order chi connectivity index (χ1) is 16.4. The number of hydrogen-bond donors (Lipinski definition) is 1. The molecule has 9 heteroatoms. The summed E-state index contributed by atoms with van der Waals surface area (Å²) in [6.07, 6.45) is 0.574. The fourth-order valence-electron chi connectivity index (χ4n) is 4.23. The molecule has 0 radical (unpaired) electrons. The summed E-state index contributed by atoms with van der Waals surface area (Å²) >= 11 is 0. The van der Waals surface area contributed by atoms with E-state index < -0.39 is 6.16 Å². The molecule has 0 aliphatic carbocycles. The second-order valence-corrected chi connectivity index (χ2v) is 8.98. The zero-order chi connectivity index (χ0) is 24.1. The molecular formula is C25H32N4O5. The van der Waals surface area contributed by atoms with Gasteiger partial charge in [0.1, 0.15) is 11.3 Å². The second kappa shape index (κ2) is 10.7. The molecule has 1 aliphatic heterocycles. The summed E-state index contributed by atoms with van der Waals surface area (Å²) in [6, 6.07) is 11.5. The lowest BCUT2D eigenvalue weighted by atomic mass is 10.0. The van der Waals surface area contributed by atoms with E-state index in [9.17, 15) is 4.79 Å². The van der Waals surface area contributed by atoms with Crippen LogP contribution >= 0.6 is 0 Å². The van der Waals surface area contributed by atoms with E-state index in [-0.39, 0.29) is 11.8 Å². The van der Waals surface area contributed by atoms with Gasteiger partial charge in [0.05, 0.1) is 24.8 Å². The van der Waals surface area contributed by atoms with Crippen molar-refractivity contribution in [3.8, 4) is 17.2 Å². The number of likely N-dealkylation sites (tertiary alicyclic amines) is 1. The highest BCUT2D eigenvalue weighted by atomic mass is 16.7. The Morgan fingerprint density at radius 1 is 1.12 bits per heavy atom. The van der Waals surface area contributed by atoms with E-state index in [1.165, 1.54) is 5.56 Å². The molecule has 2 heterocycles. The number of carboxylic acid groups (broad SMARTS) is 1. The van der Waals surface area contributed by atoms with Gasteiger partial charge in [-0.05, 0) is 55.5 Å². The lowest BCUT2D eigenvalue weighted by Crippen LogP contribution is -2.34. The summed E-state index contributed by atoms with van der Waals surface area (Å²) in [4.78, 5) is 13.2. The molecule has 0 amide bonds. The molecule has 0 unspecified atom stereocenters. The van der Waals surface area contributed by atoms with E-state index in [2.05, 4.69) is 41.2 Å². The summed E-state index contributed by atoms with van der Waals surface area (Å²) in [7, 11) is 0. The average molecular weight is 469 g/mol. The van der Waals surface area contributed by atoms with Crippen LogP contribution in [0.15, 0.2) is 36.4 Å². The monoisotopic (exact) mass is 468 g/mol. The van der Waals surface area contributed by atoms with Crippen LogP contribution in [0.1, 0.15) is 45.2 Å². The third kappa shape index (κ3) is 5.77. The first-order valence-corrected chi connectivity index (χ1v) is 11.8. The van der Waals surface area contributed by atoms with Crippen LogP contribution in [0, 0.1) is 5.92 Å². The van der Waals surface area contributed by atoms with E-state index in [0.29, 0.717) is 24.6 Å². The van der Waals surface area contributed by atoms with Crippen LogP contribution in [-0.4, -0.2) is 57.5 Å². The highest BCUT2D eigenvalue weighted by Crippen LogP contribution is 2.31. The molecule has 3 aromatic rings. The molecule has 0 bridgehead atoms. The van der Waals surface area contributed by atoms with Gasteiger partial charge < -0.3 is 19.3 Å². The SMILES string of the molecule is CCOc1cc(CN2CCC(n3nnc4cc(OC(=O)O)ccc43)CC2)ccc1OCC(C)C. The predicted molar refractivity (Wildman–Crippen MR) is 128 cm³/mol. The quantitative estimate of drug-likeness (QED) is 0.355. The lowest BCUT2D eigenvalue weighted by molar-refractivity contribution is 0.144. The Morgan fingerprint density at radius 3 is 2.62 bits per heavy atom. The Hall–Kier alpha value is -3.33. The standard InChI is InChI=1S/C25H32N4O5/c1-4-32-24-13-18(5-8-23(24)33-16-17(2)3)15-28-11-9-19(10-12-28)29-22-7-6-20(34-25(30)31)14-21(22)26-27-29/h5-8,13-14,17,19H,4,9-12,15-16H2,1-3H3,(H,30,31). The molecule has 0 atom stereocenters. The summed E-state index contributed by atoms with van der Waals surface area (Å²) in [5, 5.41) is 17.3. The van der Waals surface area contributed by atoms with Gasteiger partial charge in [0.25, 0.3) is 0 Å². The number of fused-ring (bicyclic) bond motifs is 1. The van der Waals surface area contributed by atoms with Crippen LogP contribution < -0.4 is 14.2 Å². The highest BCUT2D eigenvalue weighted by molar-refractivity contribution is 5.77. The van der Waals surface area contributed by atoms with Crippen molar-refractivity contribution in [3.05, 3.63) is 42.0 Å².